The van der Waals surface area contributed by atoms with Crippen molar-refractivity contribution in [1.82, 2.24) is 9.80 Å². The van der Waals surface area contributed by atoms with Gasteiger partial charge >= 0.3 is 0 Å². The van der Waals surface area contributed by atoms with Crippen LogP contribution >= 0.6 is 0 Å². The van der Waals surface area contributed by atoms with Gasteiger partial charge in [-0.05, 0) is 36.2 Å². The van der Waals surface area contributed by atoms with Crippen molar-refractivity contribution in [3.05, 3.63) is 94.6 Å². The zero-order valence-electron chi connectivity index (χ0n) is 17.5. The molecule has 0 aromatic heterocycles. The van der Waals surface area contributed by atoms with Crippen molar-refractivity contribution in [2.45, 2.75) is 13.0 Å². The highest BCUT2D eigenvalue weighted by Crippen LogP contribution is 2.39. The predicted octanol–water partition coefficient (Wildman–Crippen LogP) is 4.52. The Kier molecular flexibility index (Phi) is 5.31. The molecule has 2 aliphatic rings. The predicted molar refractivity (Wildman–Crippen MR) is 117 cm³/mol. The topological polar surface area (TPSA) is 40.6 Å². The summed E-state index contributed by atoms with van der Waals surface area (Å²) in [4.78, 5) is 30.1. The molecule has 3 aromatic carbocycles. The molecule has 0 radical (unpaired) electrons. The first-order chi connectivity index (χ1) is 15.5. The zero-order chi connectivity index (χ0) is 22.2. The Hall–Kier alpha value is -3.38. The number of benzene rings is 3. The largest absolute Gasteiger partial charge is 0.337 e. The molecule has 162 valence electrons. The number of fused-ring (bicyclic) bond motifs is 3. The maximum atomic E-state index is 14.0. The molecule has 1 saturated heterocycles. The summed E-state index contributed by atoms with van der Waals surface area (Å²) in [6.07, 6.45) is 0.729. The SMILES string of the molecule is O=C1c2ccccc2-c2c1cccc2C(=O)N1CCCN(Cc2cc(F)ccc2F)CC1. The van der Waals surface area contributed by atoms with Gasteiger partial charge in [0.15, 0.2) is 5.78 Å². The van der Waals surface area contributed by atoms with Crippen LogP contribution in [0.5, 0.6) is 0 Å². The lowest BCUT2D eigenvalue weighted by Crippen LogP contribution is -2.35. The molecule has 1 fully saturated rings. The lowest BCUT2D eigenvalue weighted by atomic mass is 9.98. The smallest absolute Gasteiger partial charge is 0.254 e. The minimum Gasteiger partial charge on any atom is -0.337 e. The van der Waals surface area contributed by atoms with E-state index in [-0.39, 0.29) is 11.7 Å². The number of amides is 1. The van der Waals surface area contributed by atoms with Crippen molar-refractivity contribution in [2.75, 3.05) is 26.2 Å². The van der Waals surface area contributed by atoms with E-state index >= 15 is 0 Å². The van der Waals surface area contributed by atoms with Crippen molar-refractivity contribution in [3.8, 4) is 11.1 Å². The molecule has 3 aromatic rings. The molecule has 32 heavy (non-hydrogen) atoms. The third-order valence-corrected chi connectivity index (χ3v) is 6.26. The quantitative estimate of drug-likeness (QED) is 0.478. The highest BCUT2D eigenvalue weighted by atomic mass is 19.1. The molecule has 0 unspecified atom stereocenters. The van der Waals surface area contributed by atoms with Gasteiger partial charge in [-0.25, -0.2) is 8.78 Å². The van der Waals surface area contributed by atoms with E-state index in [9.17, 15) is 18.4 Å². The van der Waals surface area contributed by atoms with Crippen LogP contribution < -0.4 is 0 Å². The van der Waals surface area contributed by atoms with Crippen LogP contribution in [0.3, 0.4) is 0 Å². The molecule has 0 spiro atoms. The van der Waals surface area contributed by atoms with Gasteiger partial charge in [0.2, 0.25) is 0 Å². The molecule has 4 nitrogen and oxygen atoms in total. The lowest BCUT2D eigenvalue weighted by Gasteiger charge is -2.23. The number of carbonyl (C=O) groups is 2. The standard InChI is InChI=1S/C26H22F2N2O2/c27-18-9-10-23(28)17(15-18)16-29-11-4-12-30(14-13-29)26(32)22-8-3-7-21-24(22)19-5-1-2-6-20(19)25(21)31/h1-3,5-10,15H,4,11-14,16H2. The van der Waals surface area contributed by atoms with Gasteiger partial charge in [0.05, 0.1) is 0 Å². The van der Waals surface area contributed by atoms with Gasteiger partial charge in [-0.15, -0.1) is 0 Å². The Balaban J connectivity index is 1.36. The number of nitrogens with zero attached hydrogens (tertiary/aromatic N) is 2. The molecule has 0 bridgehead atoms. The van der Waals surface area contributed by atoms with Crippen LogP contribution in [0, 0.1) is 11.6 Å². The van der Waals surface area contributed by atoms with Gasteiger partial charge < -0.3 is 4.90 Å². The molecule has 1 amide bonds. The first-order valence-corrected chi connectivity index (χ1v) is 10.8. The van der Waals surface area contributed by atoms with Gasteiger partial charge in [0.1, 0.15) is 11.6 Å². The summed E-state index contributed by atoms with van der Waals surface area (Å²) in [6, 6.07) is 16.2. The maximum absolute atomic E-state index is 14.0. The molecular formula is C26H22F2N2O2. The second-order valence-electron chi connectivity index (χ2n) is 8.26. The fraction of sp³-hybridized carbons (Fsp3) is 0.231. The summed E-state index contributed by atoms with van der Waals surface area (Å²) in [5.41, 5.74) is 3.55. The average Bonchev–Trinajstić information content (AvgIpc) is 2.94. The van der Waals surface area contributed by atoms with Crippen LogP contribution in [0.1, 0.15) is 38.3 Å². The van der Waals surface area contributed by atoms with Crippen LogP contribution in [0.4, 0.5) is 8.78 Å². The summed E-state index contributed by atoms with van der Waals surface area (Å²) in [5, 5.41) is 0. The molecule has 1 aliphatic heterocycles. The second-order valence-corrected chi connectivity index (χ2v) is 8.26. The van der Waals surface area contributed by atoms with E-state index in [1.54, 1.807) is 29.2 Å². The van der Waals surface area contributed by atoms with E-state index in [1.165, 1.54) is 6.07 Å². The van der Waals surface area contributed by atoms with Crippen molar-refractivity contribution < 1.29 is 18.4 Å². The van der Waals surface area contributed by atoms with E-state index in [0.717, 1.165) is 24.1 Å². The molecular weight excluding hydrogens is 410 g/mol. The minimum absolute atomic E-state index is 0.0515. The van der Waals surface area contributed by atoms with Crippen molar-refractivity contribution in [2.24, 2.45) is 0 Å². The minimum atomic E-state index is -0.458. The summed E-state index contributed by atoms with van der Waals surface area (Å²) in [7, 11) is 0. The van der Waals surface area contributed by atoms with Gasteiger partial charge in [-0.3, -0.25) is 14.5 Å². The number of halogens is 2. The number of hydrogen-bond donors (Lipinski definition) is 0. The summed E-state index contributed by atoms with van der Waals surface area (Å²) in [6.45, 7) is 2.60. The van der Waals surface area contributed by atoms with Crippen molar-refractivity contribution >= 4 is 11.7 Å². The third-order valence-electron chi connectivity index (χ3n) is 6.26. The first-order valence-electron chi connectivity index (χ1n) is 10.8. The lowest BCUT2D eigenvalue weighted by molar-refractivity contribution is 0.0761. The van der Waals surface area contributed by atoms with E-state index in [0.29, 0.717) is 60.5 Å². The van der Waals surface area contributed by atoms with Crippen molar-refractivity contribution in [3.63, 3.8) is 0 Å². The van der Waals surface area contributed by atoms with Crippen LogP contribution in [0.25, 0.3) is 11.1 Å². The molecule has 0 N–H and O–H groups in total. The van der Waals surface area contributed by atoms with Gasteiger partial charge in [0, 0.05) is 60.5 Å². The molecule has 0 saturated carbocycles. The van der Waals surface area contributed by atoms with Crippen LogP contribution in [0.15, 0.2) is 60.7 Å². The average molecular weight is 432 g/mol. The number of ketones is 1. The van der Waals surface area contributed by atoms with Crippen LogP contribution in [-0.2, 0) is 6.54 Å². The fourth-order valence-electron chi connectivity index (χ4n) is 4.66. The van der Waals surface area contributed by atoms with E-state index < -0.39 is 11.6 Å². The number of carbonyl (C=O) groups excluding carboxylic acids is 2. The first kappa shape index (κ1) is 20.5. The Morgan fingerprint density at radius 2 is 1.62 bits per heavy atom. The zero-order valence-corrected chi connectivity index (χ0v) is 17.5. The highest BCUT2D eigenvalue weighted by molar-refractivity contribution is 6.24. The maximum Gasteiger partial charge on any atom is 0.254 e. The van der Waals surface area contributed by atoms with Gasteiger partial charge in [-0.1, -0.05) is 36.4 Å². The Labute approximate surface area is 185 Å². The van der Waals surface area contributed by atoms with E-state index in [2.05, 4.69) is 0 Å². The van der Waals surface area contributed by atoms with Crippen molar-refractivity contribution in [1.29, 1.82) is 0 Å². The Bertz CT molecular complexity index is 1220. The molecule has 1 aliphatic carbocycles. The Morgan fingerprint density at radius 1 is 0.844 bits per heavy atom. The van der Waals surface area contributed by atoms with Gasteiger partial charge in [0.25, 0.3) is 5.91 Å². The normalized spacial score (nSPS) is 15.9. The Morgan fingerprint density at radius 3 is 2.47 bits per heavy atom. The molecule has 5 rings (SSSR count). The van der Waals surface area contributed by atoms with E-state index in [1.807, 2.05) is 23.1 Å². The third kappa shape index (κ3) is 3.60. The van der Waals surface area contributed by atoms with Crippen LogP contribution in [0.2, 0.25) is 0 Å². The van der Waals surface area contributed by atoms with E-state index in [4.69, 9.17) is 0 Å². The monoisotopic (exact) mass is 432 g/mol. The fourth-order valence-corrected chi connectivity index (χ4v) is 4.66. The summed E-state index contributed by atoms with van der Waals surface area (Å²) >= 11 is 0. The van der Waals surface area contributed by atoms with Crippen LogP contribution in [-0.4, -0.2) is 47.7 Å². The molecule has 6 heteroatoms. The molecule has 1 heterocycles. The molecule has 0 atom stereocenters. The second kappa shape index (κ2) is 8.28. The highest BCUT2D eigenvalue weighted by Gasteiger charge is 2.32. The number of rotatable bonds is 3. The summed E-state index contributed by atoms with van der Waals surface area (Å²) < 4.78 is 27.6. The number of hydrogen-bond acceptors (Lipinski definition) is 3. The van der Waals surface area contributed by atoms with Gasteiger partial charge in [-0.2, -0.15) is 0 Å². The summed E-state index contributed by atoms with van der Waals surface area (Å²) in [5.74, 6) is -1.04.